The lowest BCUT2D eigenvalue weighted by Crippen LogP contribution is -2.52. The normalized spacial score (nSPS) is 46.2. The third kappa shape index (κ3) is 2.89. The van der Waals surface area contributed by atoms with Crippen LogP contribution in [-0.2, 0) is 9.59 Å². The summed E-state index contributed by atoms with van der Waals surface area (Å²) in [7, 11) is 0. The van der Waals surface area contributed by atoms with Crippen molar-refractivity contribution in [2.24, 2.45) is 40.4 Å². The molecular formula is C24H35O4-. The predicted octanol–water partition coefficient (Wildman–Crippen LogP) is 3.27. The summed E-state index contributed by atoms with van der Waals surface area (Å²) in [5.41, 5.74) is 1.10. The topological polar surface area (TPSA) is 77.4 Å². The first-order valence-corrected chi connectivity index (χ1v) is 11.3. The van der Waals surface area contributed by atoms with Crippen LogP contribution in [0.5, 0.6) is 0 Å². The number of rotatable bonds is 4. The summed E-state index contributed by atoms with van der Waals surface area (Å²) in [6, 6.07) is 0. The Morgan fingerprint density at radius 2 is 2.00 bits per heavy atom. The number of aliphatic hydroxyl groups is 1. The summed E-state index contributed by atoms with van der Waals surface area (Å²) >= 11 is 0. The Morgan fingerprint density at radius 1 is 1.25 bits per heavy atom. The highest BCUT2D eigenvalue weighted by molar-refractivity contribution is 5.97. The fourth-order valence-corrected chi connectivity index (χ4v) is 7.78. The van der Waals surface area contributed by atoms with Gasteiger partial charge in [-0.1, -0.05) is 26.3 Å². The van der Waals surface area contributed by atoms with E-state index >= 15 is 0 Å². The van der Waals surface area contributed by atoms with Gasteiger partial charge >= 0.3 is 0 Å². The van der Waals surface area contributed by atoms with Gasteiger partial charge in [0.15, 0.2) is 5.78 Å². The van der Waals surface area contributed by atoms with Crippen LogP contribution in [0.3, 0.4) is 0 Å². The van der Waals surface area contributed by atoms with Gasteiger partial charge in [0, 0.05) is 11.4 Å². The van der Waals surface area contributed by atoms with E-state index in [0.717, 1.165) is 44.9 Å². The van der Waals surface area contributed by atoms with Crippen LogP contribution in [-0.4, -0.2) is 23.0 Å². The van der Waals surface area contributed by atoms with Gasteiger partial charge in [-0.05, 0) is 98.9 Å². The number of carbonyl (C=O) groups excluding carboxylic acids is 2. The van der Waals surface area contributed by atoms with Crippen LogP contribution in [0.2, 0.25) is 0 Å². The average molecular weight is 388 g/mol. The zero-order valence-electron chi connectivity index (χ0n) is 17.6. The third-order valence-corrected chi connectivity index (χ3v) is 9.46. The van der Waals surface area contributed by atoms with E-state index in [-0.39, 0.29) is 41.0 Å². The first kappa shape index (κ1) is 20.1. The van der Waals surface area contributed by atoms with Crippen LogP contribution in [0, 0.1) is 40.4 Å². The number of ketones is 1. The molecule has 156 valence electrons. The molecule has 0 aliphatic heterocycles. The molecule has 1 N–H and O–H groups in total. The molecule has 0 amide bonds. The molecule has 0 radical (unpaired) electrons. The molecule has 4 rings (SSSR count). The number of carboxylic acids is 1. The van der Waals surface area contributed by atoms with Gasteiger partial charge in [0.1, 0.15) is 0 Å². The number of aliphatic hydroxyl groups excluding tert-OH is 1. The third-order valence-electron chi connectivity index (χ3n) is 9.46. The van der Waals surface area contributed by atoms with E-state index in [1.165, 1.54) is 5.57 Å². The number of carboxylic acid groups (broad SMARTS) is 1. The average Bonchev–Trinajstić information content (AvgIpc) is 3.00. The number of carbonyl (C=O) groups is 2. The molecule has 4 nitrogen and oxygen atoms in total. The molecule has 0 saturated heterocycles. The maximum absolute atomic E-state index is 13.5. The first-order chi connectivity index (χ1) is 13.2. The van der Waals surface area contributed by atoms with Crippen LogP contribution in [0.15, 0.2) is 11.6 Å². The molecule has 3 saturated carbocycles. The van der Waals surface area contributed by atoms with Crippen molar-refractivity contribution in [2.75, 3.05) is 0 Å². The van der Waals surface area contributed by atoms with Crippen LogP contribution in [0.4, 0.5) is 0 Å². The Labute approximate surface area is 168 Å². The fraction of sp³-hybridized carbons (Fsp3) is 0.833. The minimum absolute atomic E-state index is 0.0673. The number of hydrogen-bond donors (Lipinski definition) is 1. The second kappa shape index (κ2) is 6.97. The van der Waals surface area contributed by atoms with Crippen molar-refractivity contribution in [3.8, 4) is 0 Å². The lowest BCUT2D eigenvalue weighted by molar-refractivity contribution is -0.306. The SMILES string of the molecule is C[C@H](CCC(=O)[O-])[C@H]1CC[C@H]2[C@H]3CC[C@H]4C[C@H](O)CC[C@]4(C)C3=CC(=O)[C@]12C. The van der Waals surface area contributed by atoms with Crippen molar-refractivity contribution >= 4 is 11.8 Å². The molecule has 0 aromatic rings. The highest BCUT2D eigenvalue weighted by atomic mass is 16.4. The smallest absolute Gasteiger partial charge is 0.162 e. The van der Waals surface area contributed by atoms with E-state index in [9.17, 15) is 19.8 Å². The molecule has 4 aliphatic rings. The van der Waals surface area contributed by atoms with Gasteiger partial charge in [0.05, 0.1) is 6.10 Å². The summed E-state index contributed by atoms with van der Waals surface area (Å²) < 4.78 is 0. The van der Waals surface area contributed by atoms with E-state index in [1.807, 2.05) is 6.08 Å². The van der Waals surface area contributed by atoms with E-state index in [4.69, 9.17) is 0 Å². The van der Waals surface area contributed by atoms with Crippen LogP contribution >= 0.6 is 0 Å². The first-order valence-electron chi connectivity index (χ1n) is 11.3. The van der Waals surface area contributed by atoms with Crippen molar-refractivity contribution in [3.63, 3.8) is 0 Å². The Hall–Kier alpha value is -1.16. The highest BCUT2D eigenvalue weighted by Gasteiger charge is 2.60. The largest absolute Gasteiger partial charge is 0.550 e. The van der Waals surface area contributed by atoms with Crippen molar-refractivity contribution in [1.29, 1.82) is 0 Å². The molecule has 0 unspecified atom stereocenters. The monoisotopic (exact) mass is 387 g/mol. The van der Waals surface area contributed by atoms with Crippen molar-refractivity contribution < 1.29 is 19.8 Å². The van der Waals surface area contributed by atoms with Gasteiger partial charge in [-0.25, -0.2) is 0 Å². The minimum Gasteiger partial charge on any atom is -0.550 e. The van der Waals surface area contributed by atoms with Crippen LogP contribution in [0.25, 0.3) is 0 Å². The summed E-state index contributed by atoms with van der Waals surface area (Å²) in [6.07, 6.45) is 9.61. The Morgan fingerprint density at radius 3 is 2.71 bits per heavy atom. The predicted molar refractivity (Wildman–Crippen MR) is 105 cm³/mol. The lowest BCUT2D eigenvalue weighted by atomic mass is 9.48. The fourth-order valence-electron chi connectivity index (χ4n) is 7.78. The quantitative estimate of drug-likeness (QED) is 0.803. The highest BCUT2D eigenvalue weighted by Crippen LogP contribution is 2.65. The molecule has 0 heterocycles. The molecule has 4 aliphatic carbocycles. The molecule has 0 bridgehead atoms. The van der Waals surface area contributed by atoms with Crippen LogP contribution in [0.1, 0.15) is 78.6 Å². The summed E-state index contributed by atoms with van der Waals surface area (Å²) in [5, 5.41) is 21.1. The second-order valence-electron chi connectivity index (χ2n) is 10.7. The molecule has 28 heavy (non-hydrogen) atoms. The molecule has 0 spiro atoms. The van der Waals surface area contributed by atoms with Crippen molar-refractivity contribution in [2.45, 2.75) is 84.7 Å². The maximum atomic E-state index is 13.5. The Kier molecular flexibility index (Phi) is 5.01. The lowest BCUT2D eigenvalue weighted by Gasteiger charge is -2.56. The van der Waals surface area contributed by atoms with Crippen molar-refractivity contribution in [1.82, 2.24) is 0 Å². The number of allylic oxidation sites excluding steroid dienone is 2. The van der Waals surface area contributed by atoms with Gasteiger partial charge < -0.3 is 15.0 Å². The number of aliphatic carboxylic acids is 1. The van der Waals surface area contributed by atoms with E-state index in [2.05, 4.69) is 20.8 Å². The Balaban J connectivity index is 1.63. The van der Waals surface area contributed by atoms with E-state index in [0.29, 0.717) is 24.2 Å². The molecule has 0 aromatic heterocycles. The minimum atomic E-state index is -0.991. The van der Waals surface area contributed by atoms with Gasteiger partial charge in [0.25, 0.3) is 0 Å². The van der Waals surface area contributed by atoms with Gasteiger partial charge in [-0.2, -0.15) is 0 Å². The van der Waals surface area contributed by atoms with Crippen LogP contribution < -0.4 is 5.11 Å². The summed E-state index contributed by atoms with van der Waals surface area (Å²) in [6.45, 7) is 6.63. The van der Waals surface area contributed by atoms with Gasteiger partial charge in [0.2, 0.25) is 0 Å². The molecule has 4 heteroatoms. The summed E-state index contributed by atoms with van der Waals surface area (Å²) in [4.78, 5) is 24.5. The maximum Gasteiger partial charge on any atom is 0.162 e. The van der Waals surface area contributed by atoms with E-state index < -0.39 is 5.97 Å². The molecular weight excluding hydrogens is 352 g/mol. The zero-order chi connectivity index (χ0) is 20.3. The van der Waals surface area contributed by atoms with Gasteiger partial charge in [-0.15, -0.1) is 0 Å². The number of fused-ring (bicyclic) bond motifs is 5. The Bertz CT molecular complexity index is 697. The second-order valence-corrected chi connectivity index (χ2v) is 10.7. The van der Waals surface area contributed by atoms with Gasteiger partial charge in [-0.3, -0.25) is 4.79 Å². The molecule has 8 atom stereocenters. The number of hydrogen-bond acceptors (Lipinski definition) is 4. The molecule has 3 fully saturated rings. The van der Waals surface area contributed by atoms with E-state index in [1.54, 1.807) is 0 Å². The summed E-state index contributed by atoms with van der Waals surface area (Å²) in [5.74, 6) is 1.14. The molecule has 0 aromatic carbocycles. The van der Waals surface area contributed by atoms with Crippen molar-refractivity contribution in [3.05, 3.63) is 11.6 Å². The standard InChI is InChI=1S/C24H36O4/c1-14(4-9-22(27)28)18-7-8-19-17-6-5-15-12-16(25)10-11-23(15,2)20(17)13-21(26)24(18,19)3/h13-19,25H,4-12H2,1-3H3,(H,27,28)/p-1/t14-,15+,16-,17-,18-,19+,23+,24-/m1/s1. The zero-order valence-corrected chi connectivity index (χ0v) is 17.6.